The van der Waals surface area contributed by atoms with Gasteiger partial charge in [0.25, 0.3) is 0 Å². The summed E-state index contributed by atoms with van der Waals surface area (Å²) in [5.74, 6) is -1.09. The second-order valence-corrected chi connectivity index (χ2v) is 11.6. The van der Waals surface area contributed by atoms with Gasteiger partial charge in [-0.05, 0) is 70.1 Å². The molecule has 3 aliphatic rings. The Hall–Kier alpha value is -2.70. The van der Waals surface area contributed by atoms with Crippen LogP contribution in [-0.4, -0.2) is 83.8 Å². The predicted molar refractivity (Wildman–Crippen MR) is 138 cm³/mol. The quantitative estimate of drug-likeness (QED) is 0.568. The summed E-state index contributed by atoms with van der Waals surface area (Å²) in [4.78, 5) is 32.2. The number of carbonyl (C=O) groups excluding carboxylic acids is 2. The molecule has 4 atom stereocenters. The van der Waals surface area contributed by atoms with Crippen LogP contribution in [0.15, 0.2) is 18.2 Å². The number of piperidine rings is 1. The molecule has 1 aromatic carbocycles. The van der Waals surface area contributed by atoms with E-state index in [2.05, 4.69) is 15.9 Å². The van der Waals surface area contributed by atoms with Crippen molar-refractivity contribution in [3.8, 4) is 6.07 Å². The van der Waals surface area contributed by atoms with Gasteiger partial charge in [0.1, 0.15) is 11.4 Å². The zero-order valence-corrected chi connectivity index (χ0v) is 22.2. The molecule has 1 saturated carbocycles. The number of hydrogen-bond acceptors (Lipinski definition) is 7. The number of fused-ring (bicyclic) bond motifs is 2. The number of ketones is 1. The van der Waals surface area contributed by atoms with Crippen molar-refractivity contribution in [2.75, 3.05) is 44.2 Å². The number of hydrogen-bond donors (Lipinski definition) is 1. The zero-order valence-electron chi connectivity index (χ0n) is 22.2. The monoisotopic (exact) mass is 514 g/mol. The number of aliphatic hydroxyl groups is 1. The number of benzene rings is 1. The first kappa shape index (κ1) is 27.3. The number of halogens is 1. The maximum absolute atomic E-state index is 15.1. The van der Waals surface area contributed by atoms with Gasteiger partial charge >= 0.3 is 6.09 Å². The van der Waals surface area contributed by atoms with Crippen LogP contribution in [0.1, 0.15) is 52.0 Å². The molecule has 2 saturated heterocycles. The highest BCUT2D eigenvalue weighted by Gasteiger charge is 2.52. The van der Waals surface area contributed by atoms with Crippen molar-refractivity contribution in [2.24, 2.45) is 11.8 Å². The third kappa shape index (κ3) is 6.42. The van der Waals surface area contributed by atoms with E-state index < -0.39 is 23.7 Å². The Morgan fingerprint density at radius 1 is 1.22 bits per heavy atom. The lowest BCUT2D eigenvalue weighted by Gasteiger charge is -2.36. The lowest BCUT2D eigenvalue weighted by molar-refractivity contribution is -0.126. The van der Waals surface area contributed by atoms with E-state index in [1.807, 2.05) is 6.07 Å². The number of rotatable bonds is 8. The highest BCUT2D eigenvalue weighted by molar-refractivity contribution is 5.89. The second-order valence-electron chi connectivity index (χ2n) is 11.6. The second kappa shape index (κ2) is 11.4. The summed E-state index contributed by atoms with van der Waals surface area (Å²) in [6, 6.07) is 6.72. The number of Topliss-reactive ketones (excluding diaryl/α,β-unsaturated/α-hetero) is 1. The van der Waals surface area contributed by atoms with Crippen molar-refractivity contribution in [2.45, 2.75) is 70.6 Å². The molecule has 37 heavy (non-hydrogen) atoms. The normalized spacial score (nSPS) is 24.7. The van der Waals surface area contributed by atoms with Crippen molar-refractivity contribution in [1.82, 2.24) is 9.80 Å². The van der Waals surface area contributed by atoms with E-state index in [4.69, 9.17) is 9.84 Å². The number of ether oxygens (including phenoxy) is 1. The number of nitriles is 1. The van der Waals surface area contributed by atoms with E-state index in [0.717, 1.165) is 51.1 Å². The minimum absolute atomic E-state index is 0.00447. The van der Waals surface area contributed by atoms with Gasteiger partial charge in [-0.1, -0.05) is 6.07 Å². The van der Waals surface area contributed by atoms with E-state index in [9.17, 15) is 14.9 Å². The van der Waals surface area contributed by atoms with E-state index >= 15 is 4.39 Å². The standard InChI is InChI=1S/C28H39FN4O4/c1-28(2,3)37-27(36)33-23-7-5-21(16-23)26(33)25(35)15-19(18-30)14-20-4-6-22(17-24(20)29)32-10-8-31(9-11-32)12-13-34/h4,6,17,19,21,23,26,34H,5,7-16H2,1-3H3/t19-,21+,23-,26+/m1/s1. The van der Waals surface area contributed by atoms with Crippen molar-refractivity contribution < 1.29 is 23.8 Å². The Morgan fingerprint density at radius 3 is 2.57 bits per heavy atom. The molecule has 0 aromatic heterocycles. The highest BCUT2D eigenvalue weighted by Crippen LogP contribution is 2.44. The van der Waals surface area contributed by atoms with Gasteiger partial charge in [0.05, 0.1) is 24.6 Å². The molecule has 0 unspecified atom stereocenters. The zero-order chi connectivity index (χ0) is 26.7. The summed E-state index contributed by atoms with van der Waals surface area (Å²) in [7, 11) is 0. The molecule has 0 spiro atoms. The van der Waals surface area contributed by atoms with Crippen LogP contribution >= 0.6 is 0 Å². The number of likely N-dealkylation sites (tertiary alicyclic amines) is 1. The summed E-state index contributed by atoms with van der Waals surface area (Å²) >= 11 is 0. The van der Waals surface area contributed by atoms with Crippen LogP contribution in [0.25, 0.3) is 0 Å². The molecular formula is C28H39FN4O4. The van der Waals surface area contributed by atoms with Crippen LogP contribution in [0.2, 0.25) is 0 Å². The van der Waals surface area contributed by atoms with E-state index in [1.54, 1.807) is 31.7 Å². The van der Waals surface area contributed by atoms with Gasteiger partial charge in [-0.2, -0.15) is 5.26 Å². The highest BCUT2D eigenvalue weighted by atomic mass is 19.1. The number of aliphatic hydroxyl groups excluding tert-OH is 1. The summed E-state index contributed by atoms with van der Waals surface area (Å²) in [5, 5.41) is 18.9. The van der Waals surface area contributed by atoms with Crippen molar-refractivity contribution >= 4 is 17.6 Å². The van der Waals surface area contributed by atoms with E-state index in [0.29, 0.717) is 12.1 Å². The molecule has 9 heteroatoms. The SMILES string of the molecule is CC(C)(C)OC(=O)N1[C@@H]2CC[C@@H](C2)[C@H]1C(=O)C[C@H](C#N)Cc1ccc(N2CCN(CCO)CC2)cc1F. The molecule has 2 bridgehead atoms. The first-order valence-corrected chi connectivity index (χ1v) is 13.4. The van der Waals surface area contributed by atoms with Crippen LogP contribution in [-0.2, 0) is 16.0 Å². The molecule has 1 N–H and O–H groups in total. The van der Waals surface area contributed by atoms with E-state index in [-0.39, 0.29) is 43.0 Å². The smallest absolute Gasteiger partial charge is 0.411 e. The van der Waals surface area contributed by atoms with Crippen LogP contribution in [0.5, 0.6) is 0 Å². The summed E-state index contributed by atoms with van der Waals surface area (Å²) < 4.78 is 20.6. The van der Waals surface area contributed by atoms with E-state index in [1.165, 1.54) is 6.07 Å². The Labute approximate surface area is 219 Å². The number of β-amino-alcohol motifs (C(OH)–C–C–N with tert-alkyl or cyclic N) is 1. The van der Waals surface area contributed by atoms with Gasteiger partial charge in [0, 0.05) is 50.9 Å². The molecule has 1 aromatic rings. The molecule has 8 nitrogen and oxygen atoms in total. The average molecular weight is 515 g/mol. The maximum Gasteiger partial charge on any atom is 0.411 e. The number of anilines is 1. The fourth-order valence-electron chi connectivity index (χ4n) is 6.04. The summed E-state index contributed by atoms with van der Waals surface area (Å²) in [5.41, 5.74) is 0.557. The molecule has 4 rings (SSSR count). The average Bonchev–Trinajstić information content (AvgIpc) is 3.46. The largest absolute Gasteiger partial charge is 0.444 e. The van der Waals surface area contributed by atoms with Gasteiger partial charge in [-0.3, -0.25) is 14.6 Å². The van der Waals surface area contributed by atoms with Crippen LogP contribution < -0.4 is 4.90 Å². The van der Waals surface area contributed by atoms with Gasteiger partial charge in [0.2, 0.25) is 0 Å². The first-order chi connectivity index (χ1) is 17.6. The van der Waals surface area contributed by atoms with Gasteiger partial charge < -0.3 is 14.7 Å². The predicted octanol–water partition coefficient (Wildman–Crippen LogP) is 3.37. The minimum Gasteiger partial charge on any atom is -0.444 e. The van der Waals surface area contributed by atoms with Crippen molar-refractivity contribution in [3.05, 3.63) is 29.6 Å². The first-order valence-electron chi connectivity index (χ1n) is 13.4. The number of carbonyl (C=O) groups is 2. The summed E-state index contributed by atoms with van der Waals surface area (Å²) in [6.45, 7) is 9.33. The summed E-state index contributed by atoms with van der Waals surface area (Å²) in [6.07, 6.45) is 2.21. The molecule has 202 valence electrons. The van der Waals surface area contributed by atoms with Gasteiger partial charge in [0.15, 0.2) is 5.78 Å². The Balaban J connectivity index is 1.38. The lowest BCUT2D eigenvalue weighted by atomic mass is 9.88. The van der Waals surface area contributed by atoms with Crippen LogP contribution in [0, 0.1) is 29.0 Å². The topological polar surface area (TPSA) is 97.1 Å². The lowest BCUT2D eigenvalue weighted by Crippen LogP contribution is -2.51. The fraction of sp³-hybridized carbons (Fsp3) is 0.679. The fourth-order valence-corrected chi connectivity index (χ4v) is 6.04. The molecule has 2 heterocycles. The van der Waals surface area contributed by atoms with Gasteiger partial charge in [-0.15, -0.1) is 0 Å². The van der Waals surface area contributed by atoms with Gasteiger partial charge in [-0.25, -0.2) is 9.18 Å². The molecule has 0 radical (unpaired) electrons. The Bertz CT molecular complexity index is 1030. The molecule has 2 aliphatic heterocycles. The van der Waals surface area contributed by atoms with Crippen molar-refractivity contribution in [1.29, 1.82) is 5.26 Å². The molecule has 1 amide bonds. The maximum atomic E-state index is 15.1. The number of amides is 1. The minimum atomic E-state index is -0.672. The molecule has 3 fully saturated rings. The third-order valence-electron chi connectivity index (χ3n) is 7.81. The number of nitrogens with zero attached hydrogens (tertiary/aromatic N) is 4. The van der Waals surface area contributed by atoms with Crippen molar-refractivity contribution in [3.63, 3.8) is 0 Å². The number of piperazine rings is 1. The third-order valence-corrected chi connectivity index (χ3v) is 7.81. The van der Waals surface area contributed by atoms with Crippen LogP contribution in [0.3, 0.4) is 0 Å². The Kier molecular flexibility index (Phi) is 8.39. The Morgan fingerprint density at radius 2 is 1.95 bits per heavy atom. The van der Waals surface area contributed by atoms with Crippen LogP contribution in [0.4, 0.5) is 14.9 Å². The molecular weight excluding hydrogens is 475 g/mol. The molecule has 1 aliphatic carbocycles.